The number of carbonyl (C=O) groups is 2. The van der Waals surface area contributed by atoms with Crippen molar-refractivity contribution < 1.29 is 14.3 Å². The van der Waals surface area contributed by atoms with Gasteiger partial charge in [-0.25, -0.2) is 0 Å². The van der Waals surface area contributed by atoms with E-state index in [-0.39, 0.29) is 11.8 Å². The Bertz CT molecular complexity index is 783. The van der Waals surface area contributed by atoms with Crippen molar-refractivity contribution in [1.82, 2.24) is 10.2 Å². The Balaban J connectivity index is 1.44. The fourth-order valence-electron chi connectivity index (χ4n) is 3.45. The highest BCUT2D eigenvalue weighted by Gasteiger charge is 2.21. The summed E-state index contributed by atoms with van der Waals surface area (Å²) >= 11 is 0. The van der Waals surface area contributed by atoms with Crippen LogP contribution >= 0.6 is 0 Å². The minimum Gasteiger partial charge on any atom is -0.493 e. The van der Waals surface area contributed by atoms with Gasteiger partial charge in [-0.2, -0.15) is 0 Å². The normalized spacial score (nSPS) is 14.5. The summed E-state index contributed by atoms with van der Waals surface area (Å²) in [4.78, 5) is 25.7. The Morgan fingerprint density at radius 2 is 1.82 bits per heavy atom. The number of rotatable bonds is 7. The number of ether oxygens (including phenoxy) is 1. The van der Waals surface area contributed by atoms with E-state index in [1.165, 1.54) is 5.56 Å². The van der Waals surface area contributed by atoms with Crippen LogP contribution in [0.4, 0.5) is 0 Å². The third-order valence-electron chi connectivity index (χ3n) is 5.21. The Hall–Kier alpha value is -2.82. The highest BCUT2D eigenvalue weighted by Crippen LogP contribution is 2.17. The van der Waals surface area contributed by atoms with Crippen molar-refractivity contribution in [2.75, 3.05) is 26.2 Å². The van der Waals surface area contributed by atoms with E-state index >= 15 is 0 Å². The minimum absolute atomic E-state index is 0.0810. The van der Waals surface area contributed by atoms with E-state index < -0.39 is 0 Å². The van der Waals surface area contributed by atoms with Crippen molar-refractivity contribution >= 4 is 11.8 Å². The first-order valence-corrected chi connectivity index (χ1v) is 9.92. The van der Waals surface area contributed by atoms with Gasteiger partial charge in [0, 0.05) is 38.5 Å². The van der Waals surface area contributed by atoms with Crippen LogP contribution in [0.2, 0.25) is 0 Å². The van der Waals surface area contributed by atoms with Gasteiger partial charge < -0.3 is 15.0 Å². The third kappa shape index (κ3) is 5.84. The summed E-state index contributed by atoms with van der Waals surface area (Å²) in [6, 6.07) is 17.5. The second kappa shape index (κ2) is 9.93. The van der Waals surface area contributed by atoms with Gasteiger partial charge in [0.1, 0.15) is 5.75 Å². The van der Waals surface area contributed by atoms with Crippen molar-refractivity contribution in [2.24, 2.45) is 5.92 Å². The van der Waals surface area contributed by atoms with Crippen LogP contribution in [-0.2, 0) is 11.2 Å². The molecule has 0 aromatic heterocycles. The SMILES string of the molecule is CC(=O)N1CCC(CNC(=O)c2cccc(OCCc3ccccc3)c2)CC1. The molecule has 0 unspecified atom stereocenters. The first kappa shape index (κ1) is 19.9. The molecule has 2 amide bonds. The molecule has 0 atom stereocenters. The van der Waals surface area contributed by atoms with Gasteiger partial charge in [-0.15, -0.1) is 0 Å². The lowest BCUT2D eigenvalue weighted by Crippen LogP contribution is -2.40. The van der Waals surface area contributed by atoms with Crippen LogP contribution < -0.4 is 10.1 Å². The van der Waals surface area contributed by atoms with Crippen LogP contribution in [-0.4, -0.2) is 43.0 Å². The molecular weight excluding hydrogens is 352 g/mol. The van der Waals surface area contributed by atoms with Gasteiger partial charge in [-0.05, 0) is 42.5 Å². The highest BCUT2D eigenvalue weighted by atomic mass is 16.5. The molecule has 1 aliphatic rings. The van der Waals surface area contributed by atoms with Crippen LogP contribution in [0, 0.1) is 5.92 Å². The average molecular weight is 380 g/mol. The summed E-state index contributed by atoms with van der Waals surface area (Å²) in [6.07, 6.45) is 2.70. The molecule has 3 rings (SSSR count). The topological polar surface area (TPSA) is 58.6 Å². The number of nitrogens with zero attached hydrogens (tertiary/aromatic N) is 1. The quantitative estimate of drug-likeness (QED) is 0.802. The van der Waals surface area contributed by atoms with Crippen molar-refractivity contribution in [1.29, 1.82) is 0 Å². The number of amides is 2. The molecule has 1 saturated heterocycles. The monoisotopic (exact) mass is 380 g/mol. The summed E-state index contributed by atoms with van der Waals surface area (Å²) in [6.45, 7) is 4.38. The van der Waals surface area contributed by atoms with Gasteiger partial charge in [0.2, 0.25) is 5.91 Å². The summed E-state index contributed by atoms with van der Waals surface area (Å²) in [5.74, 6) is 1.18. The molecule has 0 spiro atoms. The lowest BCUT2D eigenvalue weighted by Gasteiger charge is -2.31. The second-order valence-corrected chi connectivity index (χ2v) is 7.27. The molecule has 5 nitrogen and oxygen atoms in total. The van der Waals surface area contributed by atoms with Gasteiger partial charge in [-0.3, -0.25) is 9.59 Å². The maximum absolute atomic E-state index is 12.5. The van der Waals surface area contributed by atoms with Crippen molar-refractivity contribution in [3.63, 3.8) is 0 Å². The number of likely N-dealkylation sites (tertiary alicyclic amines) is 1. The van der Waals surface area contributed by atoms with Crippen LogP contribution in [0.25, 0.3) is 0 Å². The Labute approximate surface area is 166 Å². The number of piperidine rings is 1. The second-order valence-electron chi connectivity index (χ2n) is 7.27. The van der Waals surface area contributed by atoms with Crippen molar-refractivity contribution in [3.8, 4) is 5.75 Å². The van der Waals surface area contributed by atoms with Gasteiger partial charge in [0.05, 0.1) is 6.61 Å². The van der Waals surface area contributed by atoms with E-state index in [0.717, 1.165) is 32.4 Å². The van der Waals surface area contributed by atoms with Gasteiger partial charge in [0.25, 0.3) is 5.91 Å². The van der Waals surface area contributed by atoms with E-state index in [2.05, 4.69) is 17.4 Å². The van der Waals surface area contributed by atoms with E-state index in [1.807, 2.05) is 35.2 Å². The molecule has 0 bridgehead atoms. The standard InChI is InChI=1S/C23H28N2O3/c1-18(26)25-13-10-20(11-14-25)17-24-23(27)21-8-5-9-22(16-21)28-15-12-19-6-3-2-4-7-19/h2-9,16,20H,10-15,17H2,1H3,(H,24,27). The number of carbonyl (C=O) groups excluding carboxylic acids is 2. The first-order valence-electron chi connectivity index (χ1n) is 9.92. The minimum atomic E-state index is -0.0810. The van der Waals surface area contributed by atoms with Gasteiger partial charge in [-0.1, -0.05) is 36.4 Å². The van der Waals surface area contributed by atoms with Crippen LogP contribution in [0.5, 0.6) is 5.75 Å². The molecule has 2 aromatic carbocycles. The van der Waals surface area contributed by atoms with Crippen LogP contribution in [0.3, 0.4) is 0 Å². The van der Waals surface area contributed by atoms with Gasteiger partial charge >= 0.3 is 0 Å². The molecule has 5 heteroatoms. The fourth-order valence-corrected chi connectivity index (χ4v) is 3.45. The zero-order chi connectivity index (χ0) is 19.8. The summed E-state index contributed by atoms with van der Waals surface area (Å²) in [7, 11) is 0. The molecular formula is C23H28N2O3. The third-order valence-corrected chi connectivity index (χ3v) is 5.21. The molecule has 1 heterocycles. The lowest BCUT2D eigenvalue weighted by atomic mass is 9.96. The predicted octanol–water partition coefficient (Wildman–Crippen LogP) is 3.30. The van der Waals surface area contributed by atoms with Crippen molar-refractivity contribution in [3.05, 3.63) is 65.7 Å². The van der Waals surface area contributed by atoms with Crippen molar-refractivity contribution in [2.45, 2.75) is 26.2 Å². The maximum atomic E-state index is 12.5. The molecule has 1 fully saturated rings. The smallest absolute Gasteiger partial charge is 0.251 e. The van der Waals surface area contributed by atoms with Gasteiger partial charge in [0.15, 0.2) is 0 Å². The number of hydrogen-bond donors (Lipinski definition) is 1. The summed E-state index contributed by atoms with van der Waals surface area (Å²) < 4.78 is 5.81. The molecule has 0 aliphatic carbocycles. The molecule has 0 saturated carbocycles. The molecule has 28 heavy (non-hydrogen) atoms. The number of nitrogens with one attached hydrogen (secondary N) is 1. The zero-order valence-corrected chi connectivity index (χ0v) is 16.4. The average Bonchev–Trinajstić information content (AvgIpc) is 2.73. The Kier molecular flexibility index (Phi) is 7.06. The summed E-state index contributed by atoms with van der Waals surface area (Å²) in [5, 5.41) is 3.02. The Morgan fingerprint density at radius 3 is 2.54 bits per heavy atom. The van der Waals surface area contributed by atoms with Crippen LogP contribution in [0.1, 0.15) is 35.7 Å². The highest BCUT2D eigenvalue weighted by molar-refractivity contribution is 5.94. The molecule has 2 aromatic rings. The largest absolute Gasteiger partial charge is 0.493 e. The molecule has 1 N–H and O–H groups in total. The zero-order valence-electron chi connectivity index (χ0n) is 16.4. The molecule has 0 radical (unpaired) electrons. The van der Waals surface area contributed by atoms with E-state index in [9.17, 15) is 9.59 Å². The van der Waals surface area contributed by atoms with E-state index in [0.29, 0.717) is 30.4 Å². The summed E-state index contributed by atoms with van der Waals surface area (Å²) in [5.41, 5.74) is 1.84. The molecule has 148 valence electrons. The van der Waals surface area contributed by atoms with E-state index in [1.54, 1.807) is 19.1 Å². The number of benzene rings is 2. The number of hydrogen-bond acceptors (Lipinski definition) is 3. The van der Waals surface area contributed by atoms with E-state index in [4.69, 9.17) is 4.74 Å². The Morgan fingerprint density at radius 1 is 1.07 bits per heavy atom. The molecule has 1 aliphatic heterocycles. The first-order chi connectivity index (χ1) is 13.6. The maximum Gasteiger partial charge on any atom is 0.251 e. The predicted molar refractivity (Wildman–Crippen MR) is 109 cm³/mol. The van der Waals surface area contributed by atoms with Crippen LogP contribution in [0.15, 0.2) is 54.6 Å². The fraction of sp³-hybridized carbons (Fsp3) is 0.391. The lowest BCUT2D eigenvalue weighted by molar-refractivity contribution is -0.130.